The lowest BCUT2D eigenvalue weighted by Gasteiger charge is -2.06. The van der Waals surface area contributed by atoms with Gasteiger partial charge in [0.2, 0.25) is 0 Å². The second-order valence-electron chi connectivity index (χ2n) is 2.44. The smallest absolute Gasteiger partial charge is 0.141 e. The largest absolute Gasteiger partial charge is 0.321 e. The van der Waals surface area contributed by atoms with Crippen molar-refractivity contribution < 1.29 is 4.39 Å². The van der Waals surface area contributed by atoms with E-state index in [-0.39, 0.29) is 11.1 Å². The quantitative estimate of drug-likeness (QED) is 0.705. The Morgan fingerprint density at radius 1 is 1.58 bits per heavy atom. The molecule has 0 saturated heterocycles. The minimum atomic E-state index is -0.434. The molecule has 64 valence electrons. The summed E-state index contributed by atoms with van der Waals surface area (Å²) in [6.07, 6.45) is 1.57. The van der Waals surface area contributed by atoms with Crippen molar-refractivity contribution in [1.82, 2.24) is 0 Å². The Labute approximate surface area is 75.6 Å². The molecule has 1 nitrogen and oxygen atoms in total. The van der Waals surface area contributed by atoms with Crippen molar-refractivity contribution in [2.45, 2.75) is 6.04 Å². The number of hydrogen-bond donors (Lipinski definition) is 1. The predicted molar refractivity (Wildman–Crippen MR) is 48.5 cm³/mol. The fourth-order valence-corrected chi connectivity index (χ4v) is 1.04. The van der Waals surface area contributed by atoms with Crippen molar-refractivity contribution in [3.05, 3.63) is 47.3 Å². The van der Waals surface area contributed by atoms with Crippen molar-refractivity contribution in [3.8, 4) is 0 Å². The summed E-state index contributed by atoms with van der Waals surface area (Å²) in [6, 6.07) is 4.10. The van der Waals surface area contributed by atoms with Crippen LogP contribution >= 0.6 is 11.6 Å². The molecule has 3 heteroatoms. The average Bonchev–Trinajstić information content (AvgIpc) is 2.08. The second kappa shape index (κ2) is 3.70. The molecule has 12 heavy (non-hydrogen) atoms. The summed E-state index contributed by atoms with van der Waals surface area (Å²) >= 11 is 5.55. The van der Waals surface area contributed by atoms with Crippen LogP contribution in [0.15, 0.2) is 30.9 Å². The average molecular weight is 186 g/mol. The Kier molecular flexibility index (Phi) is 2.84. The Morgan fingerprint density at radius 3 is 2.75 bits per heavy atom. The van der Waals surface area contributed by atoms with Crippen LogP contribution in [-0.2, 0) is 0 Å². The first-order valence-corrected chi connectivity index (χ1v) is 3.86. The van der Waals surface area contributed by atoms with Crippen LogP contribution in [0.1, 0.15) is 11.6 Å². The minimum absolute atomic E-state index is 0.0878. The lowest BCUT2D eigenvalue weighted by Crippen LogP contribution is -2.06. The summed E-state index contributed by atoms with van der Waals surface area (Å²) in [7, 11) is 0. The standard InChI is InChI=1S/C9H9ClFN/c1-2-9(12)6-3-4-8(11)7(10)5-6/h2-5,9H,1,12H2/t9-/m1/s1. The van der Waals surface area contributed by atoms with Gasteiger partial charge in [0.05, 0.1) is 5.02 Å². The van der Waals surface area contributed by atoms with E-state index in [1.165, 1.54) is 12.1 Å². The van der Waals surface area contributed by atoms with E-state index in [1.54, 1.807) is 12.1 Å². The SMILES string of the molecule is C=C[C@@H](N)c1ccc(F)c(Cl)c1. The van der Waals surface area contributed by atoms with Crippen molar-refractivity contribution in [2.75, 3.05) is 0 Å². The van der Waals surface area contributed by atoms with Crippen LogP contribution in [0.2, 0.25) is 5.02 Å². The third-order valence-electron chi connectivity index (χ3n) is 1.58. The molecular weight excluding hydrogens is 177 g/mol. The van der Waals surface area contributed by atoms with E-state index < -0.39 is 5.82 Å². The summed E-state index contributed by atoms with van der Waals surface area (Å²) in [5.41, 5.74) is 6.37. The van der Waals surface area contributed by atoms with E-state index in [9.17, 15) is 4.39 Å². The molecule has 1 rings (SSSR count). The van der Waals surface area contributed by atoms with Gasteiger partial charge in [0.1, 0.15) is 5.82 Å². The zero-order chi connectivity index (χ0) is 9.14. The highest BCUT2D eigenvalue weighted by Gasteiger charge is 2.04. The van der Waals surface area contributed by atoms with Crippen molar-refractivity contribution >= 4 is 11.6 Å². The van der Waals surface area contributed by atoms with E-state index in [4.69, 9.17) is 17.3 Å². The number of benzene rings is 1. The van der Waals surface area contributed by atoms with Gasteiger partial charge in [0, 0.05) is 6.04 Å². The Balaban J connectivity index is 3.04. The molecule has 0 spiro atoms. The first kappa shape index (κ1) is 9.23. The maximum atomic E-state index is 12.7. The molecule has 0 aliphatic rings. The molecule has 0 radical (unpaired) electrons. The first-order valence-electron chi connectivity index (χ1n) is 3.48. The topological polar surface area (TPSA) is 26.0 Å². The molecule has 0 heterocycles. The van der Waals surface area contributed by atoms with Crippen LogP contribution in [-0.4, -0.2) is 0 Å². The summed E-state index contributed by atoms with van der Waals surface area (Å²) in [5.74, 6) is -0.434. The van der Waals surface area contributed by atoms with Gasteiger partial charge in [0.15, 0.2) is 0 Å². The first-order chi connectivity index (χ1) is 5.65. The van der Waals surface area contributed by atoms with Gasteiger partial charge >= 0.3 is 0 Å². The van der Waals surface area contributed by atoms with Crippen LogP contribution in [0, 0.1) is 5.82 Å². The molecule has 1 aromatic carbocycles. The van der Waals surface area contributed by atoms with Crippen molar-refractivity contribution in [3.63, 3.8) is 0 Å². The van der Waals surface area contributed by atoms with Crippen LogP contribution in [0.3, 0.4) is 0 Å². The normalized spacial score (nSPS) is 12.6. The van der Waals surface area contributed by atoms with E-state index >= 15 is 0 Å². The number of rotatable bonds is 2. The summed E-state index contributed by atoms with van der Waals surface area (Å²) in [6.45, 7) is 3.53. The van der Waals surface area contributed by atoms with E-state index in [1.807, 2.05) is 0 Å². The second-order valence-corrected chi connectivity index (χ2v) is 2.84. The Hall–Kier alpha value is -0.860. The van der Waals surface area contributed by atoms with Crippen LogP contribution in [0.5, 0.6) is 0 Å². The molecule has 0 amide bonds. The lowest BCUT2D eigenvalue weighted by molar-refractivity contribution is 0.627. The number of halogens is 2. The molecule has 0 aliphatic carbocycles. The van der Waals surface area contributed by atoms with Crippen LogP contribution < -0.4 is 5.73 Å². The van der Waals surface area contributed by atoms with Gasteiger partial charge in [-0.25, -0.2) is 4.39 Å². The van der Waals surface area contributed by atoms with Gasteiger partial charge in [-0.1, -0.05) is 23.7 Å². The molecular formula is C9H9ClFN. The summed E-state index contributed by atoms with van der Waals surface area (Å²) in [5, 5.41) is 0.0878. The minimum Gasteiger partial charge on any atom is -0.321 e. The van der Waals surface area contributed by atoms with Gasteiger partial charge in [-0.2, -0.15) is 0 Å². The highest BCUT2D eigenvalue weighted by atomic mass is 35.5. The molecule has 0 fully saturated rings. The Morgan fingerprint density at radius 2 is 2.25 bits per heavy atom. The molecule has 1 atom stereocenters. The third kappa shape index (κ3) is 1.84. The number of hydrogen-bond acceptors (Lipinski definition) is 1. The molecule has 2 N–H and O–H groups in total. The zero-order valence-electron chi connectivity index (χ0n) is 6.43. The van der Waals surface area contributed by atoms with Crippen LogP contribution in [0.25, 0.3) is 0 Å². The van der Waals surface area contributed by atoms with Gasteiger partial charge in [0.25, 0.3) is 0 Å². The maximum Gasteiger partial charge on any atom is 0.141 e. The van der Waals surface area contributed by atoms with Gasteiger partial charge in [-0.3, -0.25) is 0 Å². The molecule has 0 aliphatic heterocycles. The van der Waals surface area contributed by atoms with Gasteiger partial charge in [-0.05, 0) is 17.7 Å². The fourth-order valence-electron chi connectivity index (χ4n) is 0.856. The monoisotopic (exact) mass is 185 g/mol. The van der Waals surface area contributed by atoms with Crippen LogP contribution in [0.4, 0.5) is 4.39 Å². The third-order valence-corrected chi connectivity index (χ3v) is 1.87. The van der Waals surface area contributed by atoms with Gasteiger partial charge in [-0.15, -0.1) is 6.58 Å². The van der Waals surface area contributed by atoms with E-state index in [0.717, 1.165) is 5.56 Å². The Bertz CT molecular complexity index is 299. The molecule has 0 unspecified atom stereocenters. The van der Waals surface area contributed by atoms with Crippen molar-refractivity contribution in [2.24, 2.45) is 5.73 Å². The fraction of sp³-hybridized carbons (Fsp3) is 0.111. The molecule has 0 aromatic heterocycles. The van der Waals surface area contributed by atoms with E-state index in [2.05, 4.69) is 6.58 Å². The van der Waals surface area contributed by atoms with Crippen molar-refractivity contribution in [1.29, 1.82) is 0 Å². The van der Waals surface area contributed by atoms with Gasteiger partial charge < -0.3 is 5.73 Å². The number of nitrogens with two attached hydrogens (primary N) is 1. The summed E-state index contributed by atoms with van der Waals surface area (Å²) in [4.78, 5) is 0. The molecule has 0 bridgehead atoms. The highest BCUT2D eigenvalue weighted by molar-refractivity contribution is 6.30. The summed E-state index contributed by atoms with van der Waals surface area (Å²) < 4.78 is 12.7. The predicted octanol–water partition coefficient (Wildman–Crippen LogP) is 2.66. The molecule has 0 saturated carbocycles. The zero-order valence-corrected chi connectivity index (χ0v) is 7.18. The van der Waals surface area contributed by atoms with E-state index in [0.29, 0.717) is 0 Å². The maximum absolute atomic E-state index is 12.7. The molecule has 1 aromatic rings. The highest BCUT2D eigenvalue weighted by Crippen LogP contribution is 2.19. The lowest BCUT2D eigenvalue weighted by atomic mass is 10.1.